The Kier molecular flexibility index (Phi) is 6.56. The van der Waals surface area contributed by atoms with Crippen LogP contribution in [-0.2, 0) is 20.0 Å². The average Bonchev–Trinajstić information content (AvgIpc) is 3.09. The fraction of sp³-hybridized carbons (Fsp3) is 0.273. The number of ketones is 1. The Morgan fingerprint density at radius 3 is 2.76 bits per heavy atom. The van der Waals surface area contributed by atoms with Gasteiger partial charge >= 0.3 is 0 Å². The van der Waals surface area contributed by atoms with Gasteiger partial charge in [0.15, 0.2) is 0 Å². The normalized spacial score (nSPS) is 13.7. The fourth-order valence-corrected chi connectivity index (χ4v) is 3.68. The van der Waals surface area contributed by atoms with Crippen LogP contribution in [0.2, 0.25) is 0 Å². The van der Waals surface area contributed by atoms with Crippen molar-refractivity contribution in [1.82, 2.24) is 15.1 Å². The molecule has 3 aromatic rings. The maximum Gasteiger partial charge on any atom is 0.210 e. The van der Waals surface area contributed by atoms with E-state index in [1.807, 2.05) is 66.3 Å². The number of aryl methyl sites for hydroxylation is 1. The molecule has 1 aromatic heterocycles. The monoisotopic (exact) mass is 412 g/mol. The van der Waals surface area contributed by atoms with Gasteiger partial charge < -0.3 is 15.4 Å². The molecule has 0 saturated carbocycles. The number of hydrogen-bond acceptors (Lipinski definition) is 5. The van der Waals surface area contributed by atoms with Gasteiger partial charge in [0.05, 0.1) is 7.11 Å². The molecule has 0 radical (unpaired) electrons. The second-order valence-electron chi connectivity index (χ2n) is 6.91. The zero-order valence-corrected chi connectivity index (χ0v) is 17.3. The van der Waals surface area contributed by atoms with Gasteiger partial charge in [-0.2, -0.15) is 5.10 Å². The van der Waals surface area contributed by atoms with Gasteiger partial charge in [-0.25, -0.2) is 0 Å². The summed E-state index contributed by atoms with van der Waals surface area (Å²) in [6.45, 7) is 1.58. The minimum Gasteiger partial charge on any atom is -0.497 e. The lowest BCUT2D eigenvalue weighted by Gasteiger charge is -2.20. The molecular formula is C22H25ClN4O2. The second kappa shape index (κ2) is 9.11. The minimum atomic E-state index is -0.533. The van der Waals surface area contributed by atoms with E-state index in [0.717, 1.165) is 41.2 Å². The number of methoxy groups -OCH3 is 1. The number of nitrogens with one attached hydrogen (secondary N) is 2. The molecule has 0 bridgehead atoms. The van der Waals surface area contributed by atoms with Gasteiger partial charge in [-0.05, 0) is 17.7 Å². The summed E-state index contributed by atoms with van der Waals surface area (Å²) < 4.78 is 7.16. The molecule has 4 rings (SSSR count). The molecule has 2 N–H and O–H groups in total. The van der Waals surface area contributed by atoms with Crippen LogP contribution in [0, 0.1) is 0 Å². The standard InChI is InChI=1S/C22H24N4O2.ClH/c1-26-19-11-12-23-14-18(19)21(25-26)22(27)20(15-7-4-3-5-8-15)24-16-9-6-10-17(13-16)28-2;/h3-10,13,20,23-24H,11-12,14H2,1-2H3;1H. The van der Waals surface area contributed by atoms with Crippen LogP contribution in [0.25, 0.3) is 0 Å². The summed E-state index contributed by atoms with van der Waals surface area (Å²) in [7, 11) is 3.54. The predicted molar refractivity (Wildman–Crippen MR) is 116 cm³/mol. The van der Waals surface area contributed by atoms with Crippen molar-refractivity contribution in [2.75, 3.05) is 19.0 Å². The number of ether oxygens (including phenoxy) is 1. The van der Waals surface area contributed by atoms with E-state index in [-0.39, 0.29) is 18.2 Å². The molecule has 1 unspecified atom stereocenters. The molecule has 1 aliphatic heterocycles. The fourth-order valence-electron chi connectivity index (χ4n) is 3.68. The van der Waals surface area contributed by atoms with Crippen molar-refractivity contribution >= 4 is 23.9 Å². The molecule has 0 fully saturated rings. The molecule has 152 valence electrons. The number of carbonyl (C=O) groups excluding carboxylic acids is 1. The predicted octanol–water partition coefficient (Wildman–Crippen LogP) is 3.53. The van der Waals surface area contributed by atoms with Crippen LogP contribution in [0.15, 0.2) is 54.6 Å². The molecule has 6 nitrogen and oxygen atoms in total. The summed E-state index contributed by atoms with van der Waals surface area (Å²) >= 11 is 0. The Bertz CT molecular complexity index is 988. The quantitative estimate of drug-likeness (QED) is 0.606. The second-order valence-corrected chi connectivity index (χ2v) is 6.91. The van der Waals surface area contributed by atoms with Crippen LogP contribution in [0.4, 0.5) is 5.69 Å². The lowest BCUT2D eigenvalue weighted by molar-refractivity contribution is 0.0963. The molecule has 29 heavy (non-hydrogen) atoms. The van der Waals surface area contributed by atoms with Crippen LogP contribution >= 0.6 is 12.4 Å². The summed E-state index contributed by atoms with van der Waals surface area (Å²) in [5, 5.41) is 11.3. The third-order valence-corrected chi connectivity index (χ3v) is 5.12. The molecule has 1 atom stereocenters. The van der Waals surface area contributed by atoms with Crippen molar-refractivity contribution in [2.45, 2.75) is 19.0 Å². The Morgan fingerprint density at radius 1 is 1.21 bits per heavy atom. The van der Waals surface area contributed by atoms with Gasteiger partial charge in [0, 0.05) is 49.6 Å². The van der Waals surface area contributed by atoms with Gasteiger partial charge in [-0.3, -0.25) is 9.48 Å². The van der Waals surface area contributed by atoms with Crippen molar-refractivity contribution < 1.29 is 9.53 Å². The molecule has 0 amide bonds. The van der Waals surface area contributed by atoms with Crippen molar-refractivity contribution in [1.29, 1.82) is 0 Å². The number of Topliss-reactive ketones (excluding diaryl/α,β-unsaturated/α-hetero) is 1. The smallest absolute Gasteiger partial charge is 0.210 e. The number of carbonyl (C=O) groups is 1. The van der Waals surface area contributed by atoms with Gasteiger partial charge in [0.2, 0.25) is 5.78 Å². The molecule has 1 aliphatic rings. The van der Waals surface area contributed by atoms with Gasteiger partial charge in [-0.1, -0.05) is 36.4 Å². The zero-order chi connectivity index (χ0) is 19.5. The summed E-state index contributed by atoms with van der Waals surface area (Å²) in [6, 6.07) is 16.8. The number of halogens is 1. The number of hydrogen-bond donors (Lipinski definition) is 2. The van der Waals surface area contributed by atoms with E-state index in [0.29, 0.717) is 12.2 Å². The summed E-state index contributed by atoms with van der Waals surface area (Å²) in [5.74, 6) is 0.707. The third-order valence-electron chi connectivity index (χ3n) is 5.12. The van der Waals surface area contributed by atoms with Crippen LogP contribution < -0.4 is 15.4 Å². The van der Waals surface area contributed by atoms with Crippen LogP contribution in [0.3, 0.4) is 0 Å². The number of nitrogens with zero attached hydrogens (tertiary/aromatic N) is 2. The molecule has 2 heterocycles. The number of benzene rings is 2. The van der Waals surface area contributed by atoms with E-state index < -0.39 is 6.04 Å². The molecule has 0 saturated heterocycles. The largest absolute Gasteiger partial charge is 0.497 e. The molecular weight excluding hydrogens is 388 g/mol. The summed E-state index contributed by atoms with van der Waals surface area (Å²) in [5.41, 5.74) is 4.40. The third kappa shape index (κ3) is 4.28. The lowest BCUT2D eigenvalue weighted by Crippen LogP contribution is -2.27. The Hall–Kier alpha value is -2.83. The molecule has 7 heteroatoms. The first kappa shape index (κ1) is 20.9. The highest BCUT2D eigenvalue weighted by molar-refractivity contribution is 6.02. The van der Waals surface area contributed by atoms with E-state index in [1.54, 1.807) is 7.11 Å². The highest BCUT2D eigenvalue weighted by atomic mass is 35.5. The summed E-state index contributed by atoms with van der Waals surface area (Å²) in [4.78, 5) is 13.6. The van der Waals surface area contributed by atoms with Gasteiger partial charge in [0.25, 0.3) is 0 Å². The van der Waals surface area contributed by atoms with E-state index in [9.17, 15) is 4.79 Å². The summed E-state index contributed by atoms with van der Waals surface area (Å²) in [6.07, 6.45) is 0.880. The van der Waals surface area contributed by atoms with Crippen molar-refractivity contribution in [3.8, 4) is 5.75 Å². The van der Waals surface area contributed by atoms with Gasteiger partial charge in [0.1, 0.15) is 17.5 Å². The Labute approximate surface area is 176 Å². The minimum absolute atomic E-state index is 0. The first-order chi connectivity index (χ1) is 13.7. The topological polar surface area (TPSA) is 68.2 Å². The van der Waals surface area contributed by atoms with E-state index >= 15 is 0 Å². The van der Waals surface area contributed by atoms with Crippen molar-refractivity contribution in [3.05, 3.63) is 77.1 Å². The Morgan fingerprint density at radius 2 is 2.00 bits per heavy atom. The van der Waals surface area contributed by atoms with E-state index in [4.69, 9.17) is 4.74 Å². The van der Waals surface area contributed by atoms with Crippen LogP contribution in [-0.4, -0.2) is 29.2 Å². The number of rotatable bonds is 6. The zero-order valence-electron chi connectivity index (χ0n) is 16.5. The van der Waals surface area contributed by atoms with E-state index in [2.05, 4.69) is 15.7 Å². The van der Waals surface area contributed by atoms with E-state index in [1.165, 1.54) is 0 Å². The Balaban J connectivity index is 0.00000240. The van der Waals surface area contributed by atoms with Gasteiger partial charge in [-0.15, -0.1) is 12.4 Å². The van der Waals surface area contributed by atoms with Crippen LogP contribution in [0.1, 0.15) is 33.4 Å². The lowest BCUT2D eigenvalue weighted by atomic mass is 9.96. The maximum atomic E-state index is 13.6. The highest BCUT2D eigenvalue weighted by Gasteiger charge is 2.30. The van der Waals surface area contributed by atoms with Crippen LogP contribution in [0.5, 0.6) is 5.75 Å². The van der Waals surface area contributed by atoms with Crippen molar-refractivity contribution in [3.63, 3.8) is 0 Å². The number of aromatic nitrogens is 2. The molecule has 0 aliphatic carbocycles. The number of anilines is 1. The molecule has 0 spiro atoms. The first-order valence-electron chi connectivity index (χ1n) is 9.42. The highest BCUT2D eigenvalue weighted by Crippen LogP contribution is 2.28. The SMILES string of the molecule is COc1cccc(NC(C(=O)c2nn(C)c3c2CNCC3)c2ccccc2)c1.Cl. The molecule has 2 aromatic carbocycles. The number of fused-ring (bicyclic) bond motifs is 1. The first-order valence-corrected chi connectivity index (χ1v) is 9.42. The average molecular weight is 413 g/mol. The maximum absolute atomic E-state index is 13.6. The van der Waals surface area contributed by atoms with Crippen molar-refractivity contribution in [2.24, 2.45) is 7.05 Å².